The minimum absolute atomic E-state index is 0.294. The van der Waals surface area contributed by atoms with Gasteiger partial charge in [0.2, 0.25) is 0 Å². The molecule has 0 saturated heterocycles. The van der Waals surface area contributed by atoms with E-state index < -0.39 is 6.43 Å². The molecule has 0 aromatic carbocycles. The summed E-state index contributed by atoms with van der Waals surface area (Å²) in [5.74, 6) is 0. The maximum absolute atomic E-state index is 11.6. The Labute approximate surface area is 52.1 Å². The fraction of sp³-hybridized carbons (Fsp3) is 0.400. The Morgan fingerprint density at radius 2 is 2.22 bits per heavy atom. The predicted octanol–water partition coefficient (Wildman–Crippen LogP) is 0.795. The van der Waals surface area contributed by atoms with E-state index in [9.17, 15) is 8.78 Å². The molecule has 0 bridgehead atoms. The number of aliphatic imine (C=N–C) groups is 1. The molecule has 0 aliphatic carbocycles. The van der Waals surface area contributed by atoms with Gasteiger partial charge in [0.15, 0.2) is 0 Å². The van der Waals surface area contributed by atoms with Crippen LogP contribution in [-0.4, -0.2) is 19.2 Å². The van der Waals surface area contributed by atoms with Crippen LogP contribution in [0.4, 0.5) is 8.78 Å². The molecule has 2 nitrogen and oxygen atoms in total. The Kier molecular flexibility index (Phi) is 3.59. The maximum atomic E-state index is 11.6. The molecule has 52 valence electrons. The lowest BCUT2D eigenvalue weighted by Gasteiger charge is -1.93. The first kappa shape index (κ1) is 8.07. The van der Waals surface area contributed by atoms with E-state index in [2.05, 4.69) is 4.99 Å². The highest BCUT2D eigenvalue weighted by Gasteiger charge is 2.06. The highest BCUT2D eigenvalue weighted by Crippen LogP contribution is 1.96. The molecular formula is C5H8F2N2. The molecule has 0 aromatic rings. The van der Waals surface area contributed by atoms with Crippen molar-refractivity contribution in [2.75, 3.05) is 7.05 Å². The van der Waals surface area contributed by atoms with Gasteiger partial charge in [-0.15, -0.1) is 0 Å². The summed E-state index contributed by atoms with van der Waals surface area (Å²) in [6, 6.07) is 0. The van der Waals surface area contributed by atoms with Crippen molar-refractivity contribution in [3.05, 3.63) is 12.3 Å². The zero-order valence-electron chi connectivity index (χ0n) is 5.01. The van der Waals surface area contributed by atoms with E-state index in [1.165, 1.54) is 7.05 Å². The molecule has 4 heteroatoms. The van der Waals surface area contributed by atoms with E-state index in [1.54, 1.807) is 0 Å². The smallest absolute Gasteiger partial charge is 0.279 e. The first-order valence-corrected chi connectivity index (χ1v) is 2.35. The minimum atomic E-state index is -2.53. The standard InChI is InChI=1S/C5H8F2N2/c1-9-4(2-3-8)5(6)7/h2-3,5H,8H2,1H3. The first-order valence-electron chi connectivity index (χ1n) is 2.35. The number of halogens is 2. The van der Waals surface area contributed by atoms with Crippen LogP contribution in [0.25, 0.3) is 0 Å². The third-order valence-corrected chi connectivity index (χ3v) is 0.749. The van der Waals surface area contributed by atoms with Gasteiger partial charge in [-0.25, -0.2) is 8.78 Å². The van der Waals surface area contributed by atoms with Crippen molar-refractivity contribution in [1.82, 2.24) is 0 Å². The molecule has 0 aliphatic heterocycles. The fourth-order valence-corrected chi connectivity index (χ4v) is 0.343. The van der Waals surface area contributed by atoms with Gasteiger partial charge in [0.05, 0.1) is 0 Å². The van der Waals surface area contributed by atoms with Gasteiger partial charge in [0.1, 0.15) is 5.71 Å². The van der Waals surface area contributed by atoms with Gasteiger partial charge in [0, 0.05) is 7.05 Å². The fourth-order valence-electron chi connectivity index (χ4n) is 0.343. The largest absolute Gasteiger partial charge is 0.405 e. The predicted molar refractivity (Wildman–Crippen MR) is 32.7 cm³/mol. The van der Waals surface area contributed by atoms with Gasteiger partial charge < -0.3 is 5.73 Å². The van der Waals surface area contributed by atoms with E-state index in [0.29, 0.717) is 0 Å². The van der Waals surface area contributed by atoms with E-state index in [4.69, 9.17) is 5.73 Å². The lowest BCUT2D eigenvalue weighted by Crippen LogP contribution is -2.06. The lowest BCUT2D eigenvalue weighted by atomic mass is 10.4. The highest BCUT2D eigenvalue weighted by molar-refractivity contribution is 5.97. The average molecular weight is 134 g/mol. The highest BCUT2D eigenvalue weighted by atomic mass is 19.3. The van der Waals surface area contributed by atoms with Crippen molar-refractivity contribution >= 4 is 5.71 Å². The third kappa shape index (κ3) is 2.79. The van der Waals surface area contributed by atoms with Crippen LogP contribution in [0.15, 0.2) is 17.3 Å². The number of nitrogens with two attached hydrogens (primary N) is 1. The minimum Gasteiger partial charge on any atom is -0.405 e. The first-order chi connectivity index (χ1) is 4.22. The second-order valence-electron chi connectivity index (χ2n) is 1.31. The van der Waals surface area contributed by atoms with E-state index >= 15 is 0 Å². The Balaban J connectivity index is 4.01. The molecule has 0 aromatic heterocycles. The summed E-state index contributed by atoms with van der Waals surface area (Å²) in [6.07, 6.45) is -0.422. The quantitative estimate of drug-likeness (QED) is 0.557. The van der Waals surface area contributed by atoms with Gasteiger partial charge >= 0.3 is 0 Å². The monoisotopic (exact) mass is 134 g/mol. The summed E-state index contributed by atoms with van der Waals surface area (Å²) >= 11 is 0. The van der Waals surface area contributed by atoms with Crippen LogP contribution in [0.3, 0.4) is 0 Å². The summed E-state index contributed by atoms with van der Waals surface area (Å²) in [5.41, 5.74) is 4.55. The Bertz CT molecular complexity index is 129. The van der Waals surface area contributed by atoms with Crippen LogP contribution in [0.5, 0.6) is 0 Å². The summed E-state index contributed by atoms with van der Waals surface area (Å²) in [6.45, 7) is 0. The Morgan fingerprint density at radius 1 is 1.67 bits per heavy atom. The zero-order chi connectivity index (χ0) is 7.28. The molecule has 0 spiro atoms. The normalized spacial score (nSPS) is 13.6. The lowest BCUT2D eigenvalue weighted by molar-refractivity contribution is 0.226. The van der Waals surface area contributed by atoms with Crippen molar-refractivity contribution < 1.29 is 8.78 Å². The zero-order valence-corrected chi connectivity index (χ0v) is 5.01. The van der Waals surface area contributed by atoms with Crippen molar-refractivity contribution in [2.24, 2.45) is 10.7 Å². The molecule has 2 N–H and O–H groups in total. The third-order valence-electron chi connectivity index (χ3n) is 0.749. The molecule has 9 heavy (non-hydrogen) atoms. The van der Waals surface area contributed by atoms with Crippen LogP contribution >= 0.6 is 0 Å². The molecule has 0 fully saturated rings. The molecular weight excluding hydrogens is 126 g/mol. The average Bonchev–Trinajstić information content (AvgIpc) is 1.82. The SMILES string of the molecule is CN=C(C=CN)C(F)F. The van der Waals surface area contributed by atoms with Crippen molar-refractivity contribution in [3.8, 4) is 0 Å². The van der Waals surface area contributed by atoms with Crippen LogP contribution in [0, 0.1) is 0 Å². The Hall–Kier alpha value is -0.930. The second-order valence-corrected chi connectivity index (χ2v) is 1.31. The van der Waals surface area contributed by atoms with Gasteiger partial charge in [0.25, 0.3) is 6.43 Å². The van der Waals surface area contributed by atoms with Crippen LogP contribution < -0.4 is 5.73 Å². The topological polar surface area (TPSA) is 38.4 Å². The number of nitrogens with zero attached hydrogens (tertiary/aromatic N) is 1. The maximum Gasteiger partial charge on any atom is 0.279 e. The van der Waals surface area contributed by atoms with E-state index in [-0.39, 0.29) is 5.71 Å². The van der Waals surface area contributed by atoms with Crippen molar-refractivity contribution in [1.29, 1.82) is 0 Å². The van der Waals surface area contributed by atoms with E-state index in [1.807, 2.05) is 0 Å². The number of hydrogen-bond donors (Lipinski definition) is 1. The summed E-state index contributed by atoms with van der Waals surface area (Å²) < 4.78 is 23.3. The van der Waals surface area contributed by atoms with Gasteiger partial charge in [-0.2, -0.15) is 0 Å². The summed E-state index contributed by atoms with van der Waals surface area (Å²) in [5, 5.41) is 0. The van der Waals surface area contributed by atoms with Crippen LogP contribution in [0.1, 0.15) is 0 Å². The summed E-state index contributed by atoms with van der Waals surface area (Å²) in [4.78, 5) is 3.28. The number of hydrogen-bond acceptors (Lipinski definition) is 2. The molecule has 0 rings (SSSR count). The second kappa shape index (κ2) is 4.00. The number of rotatable bonds is 2. The van der Waals surface area contributed by atoms with E-state index in [0.717, 1.165) is 12.3 Å². The molecule has 0 unspecified atom stereocenters. The van der Waals surface area contributed by atoms with Crippen LogP contribution in [-0.2, 0) is 0 Å². The van der Waals surface area contributed by atoms with Crippen molar-refractivity contribution in [3.63, 3.8) is 0 Å². The summed E-state index contributed by atoms with van der Waals surface area (Å²) in [7, 11) is 1.29. The molecule has 0 aliphatic rings. The number of allylic oxidation sites excluding steroid dienone is 1. The van der Waals surface area contributed by atoms with Gasteiger partial charge in [-0.3, -0.25) is 4.99 Å². The molecule has 0 saturated carbocycles. The van der Waals surface area contributed by atoms with Gasteiger partial charge in [-0.1, -0.05) is 0 Å². The van der Waals surface area contributed by atoms with Crippen molar-refractivity contribution in [2.45, 2.75) is 6.43 Å². The molecule has 0 radical (unpaired) electrons. The molecule has 0 heterocycles. The van der Waals surface area contributed by atoms with Crippen LogP contribution in [0.2, 0.25) is 0 Å². The Morgan fingerprint density at radius 3 is 2.33 bits per heavy atom. The molecule has 0 atom stereocenters. The van der Waals surface area contributed by atoms with Gasteiger partial charge in [-0.05, 0) is 12.3 Å². The number of alkyl halides is 2. The molecule has 0 amide bonds.